The molecule has 1 saturated heterocycles. The topological polar surface area (TPSA) is 43.4 Å². The van der Waals surface area contributed by atoms with Crippen LogP contribution in [0.1, 0.15) is 38.8 Å². The van der Waals surface area contributed by atoms with Crippen LogP contribution < -0.4 is 5.32 Å². The van der Waals surface area contributed by atoms with E-state index in [1.807, 2.05) is 53.8 Å². The summed E-state index contributed by atoms with van der Waals surface area (Å²) in [6.45, 7) is 10.8. The van der Waals surface area contributed by atoms with Gasteiger partial charge in [0.2, 0.25) is 0 Å². The normalized spacial score (nSPS) is 20.5. The van der Waals surface area contributed by atoms with Crippen LogP contribution in [0.25, 0.3) is 6.08 Å². The molecule has 1 fully saturated rings. The lowest BCUT2D eigenvalue weighted by molar-refractivity contribution is 0.00578. The van der Waals surface area contributed by atoms with E-state index in [-0.39, 0.29) is 11.2 Å². The molecule has 4 nitrogen and oxygen atoms in total. The number of hydrogen-bond donors (Lipinski definition) is 1. The predicted octanol–water partition coefficient (Wildman–Crippen LogP) is 3.28. The summed E-state index contributed by atoms with van der Waals surface area (Å²) < 4.78 is 12.3. The van der Waals surface area contributed by atoms with Crippen molar-refractivity contribution in [3.8, 4) is 0 Å². The number of pyridine rings is 1. The molecule has 0 spiro atoms. The number of aromatic nitrogens is 1. The fourth-order valence-electron chi connectivity index (χ4n) is 2.28. The Morgan fingerprint density at radius 2 is 1.91 bits per heavy atom. The number of likely N-dealkylation sites (N-methyl/N-ethyl adjacent to an activating group) is 1. The third-order valence-corrected chi connectivity index (χ3v) is 4.60. The van der Waals surface area contributed by atoms with E-state index in [0.29, 0.717) is 11.7 Å². The molecule has 1 aromatic heterocycles. The first kappa shape index (κ1) is 17.5. The molecule has 0 saturated carbocycles. The van der Waals surface area contributed by atoms with Crippen molar-refractivity contribution in [3.63, 3.8) is 0 Å². The van der Waals surface area contributed by atoms with Crippen LogP contribution in [-0.4, -0.2) is 36.9 Å². The number of hydrogen-bond acceptors (Lipinski definition) is 4. The zero-order chi connectivity index (χ0) is 16.5. The molecule has 1 aliphatic rings. The van der Waals surface area contributed by atoms with Crippen molar-refractivity contribution in [3.05, 3.63) is 34.0 Å². The van der Waals surface area contributed by atoms with E-state index in [1.165, 1.54) is 0 Å². The van der Waals surface area contributed by atoms with Crippen LogP contribution >= 0.6 is 11.6 Å². The van der Waals surface area contributed by atoms with Crippen molar-refractivity contribution in [2.24, 2.45) is 0 Å². The van der Waals surface area contributed by atoms with Crippen molar-refractivity contribution >= 4 is 24.8 Å². The molecule has 0 unspecified atom stereocenters. The molecule has 0 aliphatic carbocycles. The van der Waals surface area contributed by atoms with E-state index >= 15 is 0 Å². The summed E-state index contributed by atoms with van der Waals surface area (Å²) in [5.74, 6) is 0. The highest BCUT2D eigenvalue weighted by molar-refractivity contribution is 6.56. The lowest BCUT2D eigenvalue weighted by Crippen LogP contribution is -2.41. The van der Waals surface area contributed by atoms with Crippen LogP contribution in [0.5, 0.6) is 0 Å². The molecule has 2 rings (SSSR count). The highest BCUT2D eigenvalue weighted by Crippen LogP contribution is 2.38. The van der Waals surface area contributed by atoms with Gasteiger partial charge in [0.25, 0.3) is 0 Å². The second-order valence-corrected chi connectivity index (χ2v) is 7.09. The van der Waals surface area contributed by atoms with Gasteiger partial charge in [-0.1, -0.05) is 17.7 Å². The summed E-state index contributed by atoms with van der Waals surface area (Å²) in [5.41, 5.74) is 2.21. The summed E-state index contributed by atoms with van der Waals surface area (Å²) in [5, 5.41) is 3.64. The molecule has 0 aromatic carbocycles. The molecule has 1 N–H and O–H groups in total. The Labute approximate surface area is 138 Å². The van der Waals surface area contributed by atoms with Gasteiger partial charge in [0.1, 0.15) is 5.15 Å². The van der Waals surface area contributed by atoms with E-state index in [2.05, 4.69) is 10.3 Å². The maximum absolute atomic E-state index is 6.20. The van der Waals surface area contributed by atoms with Gasteiger partial charge in [-0.15, -0.1) is 0 Å². The molecule has 120 valence electrons. The first-order valence-corrected chi connectivity index (χ1v) is 7.87. The molecule has 1 aromatic rings. The zero-order valence-corrected chi connectivity index (χ0v) is 14.9. The van der Waals surface area contributed by atoms with Crippen molar-refractivity contribution in [1.29, 1.82) is 0 Å². The van der Waals surface area contributed by atoms with Gasteiger partial charge in [-0.05, 0) is 58.8 Å². The Morgan fingerprint density at radius 3 is 2.45 bits per heavy atom. The van der Waals surface area contributed by atoms with Crippen LogP contribution in [0.4, 0.5) is 0 Å². The Morgan fingerprint density at radius 1 is 1.32 bits per heavy atom. The lowest BCUT2D eigenvalue weighted by Gasteiger charge is -2.32. The molecule has 1 aliphatic heterocycles. The Bertz CT molecular complexity index is 572. The average molecular weight is 323 g/mol. The Balaban J connectivity index is 2.35. The SMILES string of the molecule is CNCC(=Cc1cc(C)cnc1Cl)B1OC(C)(C)C(C)(C)O1. The van der Waals surface area contributed by atoms with Gasteiger partial charge in [0, 0.05) is 18.3 Å². The van der Waals surface area contributed by atoms with E-state index in [0.717, 1.165) is 16.6 Å². The first-order chi connectivity index (χ1) is 10.2. The van der Waals surface area contributed by atoms with E-state index < -0.39 is 7.12 Å². The highest BCUT2D eigenvalue weighted by Gasteiger charge is 2.52. The fourth-order valence-corrected chi connectivity index (χ4v) is 2.43. The first-order valence-electron chi connectivity index (χ1n) is 7.49. The standard InChI is InChI=1S/C16H24BClN2O2/c1-11-7-12(14(18)20-9-11)8-13(10-19-6)17-21-15(2,3)16(4,5)22-17/h7-9,19H,10H2,1-6H3. The summed E-state index contributed by atoms with van der Waals surface area (Å²) in [6, 6.07) is 2.01. The van der Waals surface area contributed by atoms with Gasteiger partial charge in [0.15, 0.2) is 0 Å². The van der Waals surface area contributed by atoms with Crippen molar-refractivity contribution in [2.75, 3.05) is 13.6 Å². The van der Waals surface area contributed by atoms with Gasteiger partial charge in [-0.25, -0.2) is 4.98 Å². The quantitative estimate of drug-likeness (QED) is 0.682. The number of rotatable bonds is 4. The zero-order valence-electron chi connectivity index (χ0n) is 14.2. The minimum Gasteiger partial charge on any atom is -0.400 e. The second kappa shape index (κ2) is 6.32. The Kier molecular flexibility index (Phi) is 5.02. The van der Waals surface area contributed by atoms with Crippen molar-refractivity contribution in [1.82, 2.24) is 10.3 Å². The third kappa shape index (κ3) is 3.54. The van der Waals surface area contributed by atoms with Crippen LogP contribution in [0.3, 0.4) is 0 Å². The van der Waals surface area contributed by atoms with Gasteiger partial charge < -0.3 is 14.6 Å². The molecular weight excluding hydrogens is 298 g/mol. The number of aryl methyl sites for hydroxylation is 1. The molecule has 0 radical (unpaired) electrons. The Hall–Kier alpha value is -0.875. The number of nitrogens with one attached hydrogen (secondary N) is 1. The maximum atomic E-state index is 6.20. The van der Waals surface area contributed by atoms with Gasteiger partial charge in [0.05, 0.1) is 11.2 Å². The molecular formula is C16H24BClN2O2. The molecule has 0 amide bonds. The number of nitrogens with zero attached hydrogens (tertiary/aromatic N) is 1. The minimum atomic E-state index is -0.394. The van der Waals surface area contributed by atoms with E-state index in [4.69, 9.17) is 20.9 Å². The lowest BCUT2D eigenvalue weighted by atomic mass is 9.77. The van der Waals surface area contributed by atoms with Gasteiger partial charge in [-0.2, -0.15) is 0 Å². The summed E-state index contributed by atoms with van der Waals surface area (Å²) in [6.07, 6.45) is 3.76. The van der Waals surface area contributed by atoms with E-state index in [9.17, 15) is 0 Å². The highest BCUT2D eigenvalue weighted by atomic mass is 35.5. The molecule has 6 heteroatoms. The fraction of sp³-hybridized carbons (Fsp3) is 0.562. The monoisotopic (exact) mass is 322 g/mol. The summed E-state index contributed by atoms with van der Waals surface area (Å²) in [4.78, 5) is 4.19. The van der Waals surface area contributed by atoms with Gasteiger partial charge >= 0.3 is 7.12 Å². The van der Waals surface area contributed by atoms with Crippen LogP contribution in [0.15, 0.2) is 17.7 Å². The molecule has 0 bridgehead atoms. The predicted molar refractivity (Wildman–Crippen MR) is 92.0 cm³/mol. The summed E-state index contributed by atoms with van der Waals surface area (Å²) in [7, 11) is 1.50. The second-order valence-electron chi connectivity index (χ2n) is 6.73. The van der Waals surface area contributed by atoms with E-state index in [1.54, 1.807) is 6.20 Å². The molecule has 0 atom stereocenters. The van der Waals surface area contributed by atoms with Crippen molar-refractivity contribution in [2.45, 2.75) is 45.8 Å². The van der Waals surface area contributed by atoms with Crippen LogP contribution in [0, 0.1) is 6.92 Å². The number of halogens is 1. The average Bonchev–Trinajstić information content (AvgIpc) is 2.62. The van der Waals surface area contributed by atoms with Crippen molar-refractivity contribution < 1.29 is 9.31 Å². The molecule has 22 heavy (non-hydrogen) atoms. The largest absolute Gasteiger partial charge is 0.491 e. The summed E-state index contributed by atoms with van der Waals surface area (Å²) >= 11 is 6.20. The van der Waals surface area contributed by atoms with Gasteiger partial charge in [-0.3, -0.25) is 0 Å². The van der Waals surface area contributed by atoms with Crippen LogP contribution in [-0.2, 0) is 9.31 Å². The smallest absolute Gasteiger partial charge is 0.400 e. The third-order valence-electron chi connectivity index (χ3n) is 4.28. The molecule has 2 heterocycles. The maximum Gasteiger partial charge on any atom is 0.491 e. The van der Waals surface area contributed by atoms with Crippen LogP contribution in [0.2, 0.25) is 5.15 Å². The minimum absolute atomic E-state index is 0.362.